The number of rotatable bonds is 0. The maximum absolute atomic E-state index is 5.26. The Morgan fingerprint density at radius 2 is 1.72 bits per heavy atom. The SMILES string of the molecule is Cc1cc2c(nc1C)C(C)(C)[C@]13CCN(C)C(Cc4ccc(C)c(C)c41)[C@]3(C)C2. The van der Waals surface area contributed by atoms with Crippen LogP contribution in [0, 0.1) is 33.1 Å². The molecule has 0 saturated carbocycles. The van der Waals surface area contributed by atoms with Gasteiger partial charge in [0.2, 0.25) is 0 Å². The molecule has 5 rings (SSSR count). The summed E-state index contributed by atoms with van der Waals surface area (Å²) in [5.74, 6) is 0. The number of aromatic nitrogens is 1. The molecule has 1 saturated heterocycles. The number of aryl methyl sites for hydroxylation is 3. The van der Waals surface area contributed by atoms with Gasteiger partial charge in [0, 0.05) is 22.6 Å². The van der Waals surface area contributed by atoms with Crippen LogP contribution in [0.1, 0.15) is 72.0 Å². The Morgan fingerprint density at radius 1 is 1.00 bits per heavy atom. The van der Waals surface area contributed by atoms with Gasteiger partial charge >= 0.3 is 0 Å². The zero-order valence-corrected chi connectivity index (χ0v) is 19.5. The molecule has 1 aromatic carbocycles. The summed E-state index contributed by atoms with van der Waals surface area (Å²) in [7, 11) is 2.35. The third-order valence-electron chi connectivity index (χ3n) is 9.51. The second-order valence-electron chi connectivity index (χ2n) is 11.0. The zero-order valence-electron chi connectivity index (χ0n) is 19.5. The van der Waals surface area contributed by atoms with Gasteiger partial charge in [-0.1, -0.05) is 39.0 Å². The molecule has 2 heteroatoms. The molecule has 29 heavy (non-hydrogen) atoms. The van der Waals surface area contributed by atoms with Crippen molar-refractivity contribution in [2.45, 2.75) is 84.6 Å². The fraction of sp³-hybridized carbons (Fsp3) is 0.593. The van der Waals surface area contributed by atoms with Crippen LogP contribution in [0.5, 0.6) is 0 Å². The number of nitrogens with zero attached hydrogens (tertiary/aromatic N) is 2. The highest BCUT2D eigenvalue weighted by Gasteiger charge is 2.69. The van der Waals surface area contributed by atoms with Gasteiger partial charge in [0.1, 0.15) is 0 Å². The number of pyridine rings is 1. The van der Waals surface area contributed by atoms with Gasteiger partial charge < -0.3 is 4.90 Å². The first kappa shape index (κ1) is 19.3. The summed E-state index contributed by atoms with van der Waals surface area (Å²) in [6.07, 6.45) is 3.53. The predicted octanol–water partition coefficient (Wildman–Crippen LogP) is 5.35. The van der Waals surface area contributed by atoms with Gasteiger partial charge in [-0.15, -0.1) is 0 Å². The van der Waals surface area contributed by atoms with Crippen LogP contribution in [-0.2, 0) is 23.7 Å². The molecule has 0 N–H and O–H groups in total. The van der Waals surface area contributed by atoms with Crippen LogP contribution < -0.4 is 0 Å². The van der Waals surface area contributed by atoms with Crippen molar-refractivity contribution in [1.82, 2.24) is 9.88 Å². The molecule has 2 nitrogen and oxygen atoms in total. The highest BCUT2D eigenvalue weighted by molar-refractivity contribution is 5.57. The summed E-state index contributed by atoms with van der Waals surface area (Å²) >= 11 is 0. The van der Waals surface area contributed by atoms with Crippen molar-refractivity contribution < 1.29 is 0 Å². The summed E-state index contributed by atoms with van der Waals surface area (Å²) in [5, 5.41) is 0. The van der Waals surface area contributed by atoms with Crippen molar-refractivity contribution in [3.8, 4) is 0 Å². The van der Waals surface area contributed by atoms with Crippen molar-refractivity contribution in [1.29, 1.82) is 0 Å². The molecule has 2 bridgehead atoms. The zero-order chi connectivity index (χ0) is 20.9. The number of hydrogen-bond acceptors (Lipinski definition) is 2. The first-order valence-corrected chi connectivity index (χ1v) is 11.3. The first-order valence-electron chi connectivity index (χ1n) is 11.3. The number of benzene rings is 1. The van der Waals surface area contributed by atoms with Crippen LogP contribution in [0.15, 0.2) is 18.2 Å². The van der Waals surface area contributed by atoms with E-state index in [0.717, 1.165) is 6.42 Å². The van der Waals surface area contributed by atoms with Crippen molar-refractivity contribution >= 4 is 0 Å². The molecule has 2 aromatic rings. The van der Waals surface area contributed by atoms with Crippen molar-refractivity contribution in [2.24, 2.45) is 5.41 Å². The monoisotopic (exact) mass is 388 g/mol. The second-order valence-corrected chi connectivity index (χ2v) is 11.0. The lowest BCUT2D eigenvalue weighted by atomic mass is 9.37. The summed E-state index contributed by atoms with van der Waals surface area (Å²) in [4.78, 5) is 7.92. The molecular weight excluding hydrogens is 352 g/mol. The van der Waals surface area contributed by atoms with E-state index < -0.39 is 0 Å². The predicted molar refractivity (Wildman–Crippen MR) is 121 cm³/mol. The maximum atomic E-state index is 5.26. The van der Waals surface area contributed by atoms with Crippen molar-refractivity contribution in [3.05, 3.63) is 63.0 Å². The largest absolute Gasteiger partial charge is 0.302 e. The number of hydrogen-bond donors (Lipinski definition) is 0. The quantitative estimate of drug-likeness (QED) is 0.604. The molecule has 3 aliphatic rings. The molecule has 1 unspecified atom stereocenters. The van der Waals surface area contributed by atoms with E-state index in [9.17, 15) is 0 Å². The van der Waals surface area contributed by atoms with E-state index in [-0.39, 0.29) is 16.2 Å². The Bertz CT molecular complexity index is 1030. The van der Waals surface area contributed by atoms with Crippen LogP contribution in [0.3, 0.4) is 0 Å². The van der Waals surface area contributed by atoms with Gasteiger partial charge in [0.15, 0.2) is 0 Å². The second kappa shape index (κ2) is 5.72. The lowest BCUT2D eigenvalue weighted by Gasteiger charge is -2.70. The number of likely N-dealkylation sites (N-methyl/N-ethyl adjacent to an activating group) is 1. The molecule has 0 amide bonds. The van der Waals surface area contributed by atoms with E-state index in [1.165, 1.54) is 53.0 Å². The molecular formula is C27H36N2. The average molecular weight is 389 g/mol. The molecule has 0 radical (unpaired) electrons. The maximum Gasteiger partial charge on any atom is 0.0504 e. The topological polar surface area (TPSA) is 16.1 Å². The van der Waals surface area contributed by atoms with Crippen LogP contribution in [-0.4, -0.2) is 29.5 Å². The summed E-state index contributed by atoms with van der Waals surface area (Å²) in [6.45, 7) is 17.9. The highest BCUT2D eigenvalue weighted by atomic mass is 15.2. The number of fused-ring (bicyclic) bond motifs is 2. The van der Waals surface area contributed by atoms with Crippen molar-refractivity contribution in [2.75, 3.05) is 13.6 Å². The normalized spacial score (nSPS) is 32.3. The van der Waals surface area contributed by atoms with Gasteiger partial charge in [0.05, 0.1) is 5.69 Å². The van der Waals surface area contributed by atoms with E-state index in [1.807, 2.05) is 0 Å². The molecule has 154 valence electrons. The van der Waals surface area contributed by atoms with E-state index in [2.05, 4.69) is 78.6 Å². The highest BCUT2D eigenvalue weighted by Crippen LogP contribution is 2.68. The van der Waals surface area contributed by atoms with Crippen LogP contribution in [0.25, 0.3) is 0 Å². The Kier molecular flexibility index (Phi) is 3.81. The molecule has 1 aromatic heterocycles. The van der Waals surface area contributed by atoms with E-state index in [1.54, 1.807) is 11.1 Å². The van der Waals surface area contributed by atoms with E-state index in [0.29, 0.717) is 6.04 Å². The minimum absolute atomic E-state index is 0.00102. The van der Waals surface area contributed by atoms with Gasteiger partial charge in [-0.25, -0.2) is 0 Å². The fourth-order valence-corrected chi connectivity index (χ4v) is 7.84. The Hall–Kier alpha value is -1.67. The summed E-state index contributed by atoms with van der Waals surface area (Å²) in [5.41, 5.74) is 11.9. The van der Waals surface area contributed by atoms with Crippen molar-refractivity contribution in [3.63, 3.8) is 0 Å². The summed E-state index contributed by atoms with van der Waals surface area (Å²) < 4.78 is 0. The molecule has 2 heterocycles. The molecule has 1 aliphatic heterocycles. The Morgan fingerprint density at radius 3 is 2.45 bits per heavy atom. The van der Waals surface area contributed by atoms with Gasteiger partial charge in [-0.3, -0.25) is 4.98 Å². The van der Waals surface area contributed by atoms with E-state index in [4.69, 9.17) is 4.98 Å². The lowest BCUT2D eigenvalue weighted by molar-refractivity contribution is -0.0899. The first-order chi connectivity index (χ1) is 13.5. The van der Waals surface area contributed by atoms with Crippen LogP contribution in [0.2, 0.25) is 0 Å². The standard InChI is InChI=1S/C27H36N2/c1-16-9-10-20-14-22-26(7)15-21-13-17(2)19(4)28-24(21)25(5,6)27(26,11-12-29(22)8)23(20)18(16)3/h9-10,13,22H,11-12,14-15H2,1-8H3/t22?,26-,27-/m0/s1. The Balaban J connectivity index is 1.92. The van der Waals surface area contributed by atoms with Gasteiger partial charge in [0.25, 0.3) is 0 Å². The van der Waals surface area contributed by atoms with Crippen LogP contribution >= 0.6 is 0 Å². The van der Waals surface area contributed by atoms with Crippen LogP contribution in [0.4, 0.5) is 0 Å². The number of likely N-dealkylation sites (tertiary alicyclic amines) is 1. The molecule has 1 fully saturated rings. The lowest BCUT2D eigenvalue weighted by Crippen LogP contribution is -2.73. The smallest absolute Gasteiger partial charge is 0.0504 e. The van der Waals surface area contributed by atoms with Gasteiger partial charge in [-0.05, 0) is 99.3 Å². The minimum Gasteiger partial charge on any atom is -0.302 e. The average Bonchev–Trinajstić information content (AvgIpc) is 2.63. The van der Waals surface area contributed by atoms with Gasteiger partial charge in [-0.2, -0.15) is 0 Å². The number of piperidine rings is 1. The summed E-state index contributed by atoms with van der Waals surface area (Å²) in [6, 6.07) is 7.81. The minimum atomic E-state index is 0.00102. The molecule has 3 atom stereocenters. The third kappa shape index (κ3) is 2.09. The molecule has 0 spiro atoms. The molecule has 2 aliphatic carbocycles. The fourth-order valence-electron chi connectivity index (χ4n) is 7.84. The van der Waals surface area contributed by atoms with E-state index >= 15 is 0 Å². The third-order valence-corrected chi connectivity index (χ3v) is 9.51. The Labute approximate surface area is 176 Å².